The lowest BCUT2D eigenvalue weighted by Gasteiger charge is -2.15. The Morgan fingerprint density at radius 2 is 1.62 bits per heavy atom. The van der Waals surface area contributed by atoms with Crippen molar-refractivity contribution in [1.82, 2.24) is 9.97 Å². The Labute approximate surface area is 190 Å². The van der Waals surface area contributed by atoms with Crippen molar-refractivity contribution in [1.29, 1.82) is 0 Å². The number of nitrogens with one attached hydrogen (secondary N) is 1. The summed E-state index contributed by atoms with van der Waals surface area (Å²) in [6.45, 7) is 1.55. The smallest absolute Gasteiger partial charge is 0.317 e. The van der Waals surface area contributed by atoms with Crippen LogP contribution in [0.2, 0.25) is 0 Å². The summed E-state index contributed by atoms with van der Waals surface area (Å²) in [6.07, 6.45) is 0.686. The quantitative estimate of drug-likeness (QED) is 0.321. The highest BCUT2D eigenvalue weighted by Crippen LogP contribution is 2.27. The van der Waals surface area contributed by atoms with Crippen LogP contribution < -0.4 is 5.32 Å². The van der Waals surface area contributed by atoms with Gasteiger partial charge in [-0.05, 0) is 30.7 Å². The van der Waals surface area contributed by atoms with Gasteiger partial charge in [0.2, 0.25) is 0 Å². The van der Waals surface area contributed by atoms with Crippen molar-refractivity contribution < 1.29 is 14.3 Å². The molecule has 1 amide bonds. The van der Waals surface area contributed by atoms with Gasteiger partial charge in [0, 0.05) is 11.3 Å². The molecule has 0 aliphatic rings. The molecular formula is C25H21N3O3S. The summed E-state index contributed by atoms with van der Waals surface area (Å²) < 4.78 is 5.32. The maximum absolute atomic E-state index is 12.6. The SMILES string of the molecule is CC(OC(=O)CSc1cnc2ccccc2n1)C(=O)Nc1ccccc1-c1ccccc1. The number of aromatic nitrogens is 2. The Hall–Kier alpha value is -3.71. The summed E-state index contributed by atoms with van der Waals surface area (Å²) in [6, 6.07) is 24.8. The highest BCUT2D eigenvalue weighted by Gasteiger charge is 2.19. The van der Waals surface area contributed by atoms with E-state index < -0.39 is 18.0 Å². The molecule has 4 rings (SSSR count). The largest absolute Gasteiger partial charge is 0.452 e. The first-order chi connectivity index (χ1) is 15.6. The van der Waals surface area contributed by atoms with Gasteiger partial charge in [-0.2, -0.15) is 0 Å². The summed E-state index contributed by atoms with van der Waals surface area (Å²) in [5.74, 6) is -0.855. The second-order valence-electron chi connectivity index (χ2n) is 7.02. The molecule has 0 spiro atoms. The Bertz CT molecular complexity index is 1250. The molecule has 3 aromatic carbocycles. The van der Waals surface area contributed by atoms with E-state index in [9.17, 15) is 9.59 Å². The zero-order valence-corrected chi connectivity index (χ0v) is 18.2. The predicted octanol–water partition coefficient (Wildman–Crippen LogP) is 4.96. The van der Waals surface area contributed by atoms with Crippen LogP contribution in [0.4, 0.5) is 5.69 Å². The minimum absolute atomic E-state index is 0.0330. The van der Waals surface area contributed by atoms with E-state index in [1.165, 1.54) is 11.8 Å². The molecule has 7 heteroatoms. The maximum atomic E-state index is 12.6. The average Bonchev–Trinajstić information content (AvgIpc) is 2.83. The van der Waals surface area contributed by atoms with E-state index in [0.29, 0.717) is 10.7 Å². The van der Waals surface area contributed by atoms with Gasteiger partial charge in [0.1, 0.15) is 5.03 Å². The van der Waals surface area contributed by atoms with Crippen LogP contribution in [0.25, 0.3) is 22.2 Å². The molecule has 0 saturated heterocycles. The zero-order chi connectivity index (χ0) is 22.3. The summed E-state index contributed by atoms with van der Waals surface area (Å²) in [7, 11) is 0. The average molecular weight is 444 g/mol. The van der Waals surface area contributed by atoms with Gasteiger partial charge in [-0.15, -0.1) is 0 Å². The summed E-state index contributed by atoms with van der Waals surface area (Å²) >= 11 is 1.22. The number of anilines is 1. The number of para-hydroxylation sites is 3. The normalized spacial score (nSPS) is 11.7. The summed E-state index contributed by atoms with van der Waals surface area (Å²) in [4.78, 5) is 33.7. The number of thioether (sulfide) groups is 1. The molecule has 6 nitrogen and oxygen atoms in total. The first-order valence-electron chi connectivity index (χ1n) is 10.1. The van der Waals surface area contributed by atoms with Crippen LogP contribution >= 0.6 is 11.8 Å². The Balaban J connectivity index is 1.34. The molecule has 1 heterocycles. The van der Waals surface area contributed by atoms with E-state index in [1.807, 2.05) is 78.9 Å². The number of nitrogens with zero attached hydrogens (tertiary/aromatic N) is 2. The molecule has 1 unspecified atom stereocenters. The first-order valence-corrected chi connectivity index (χ1v) is 11.1. The van der Waals surface area contributed by atoms with Crippen LogP contribution in [0, 0.1) is 0 Å². The van der Waals surface area contributed by atoms with Crippen molar-refractivity contribution in [2.24, 2.45) is 0 Å². The maximum Gasteiger partial charge on any atom is 0.317 e. The molecular weight excluding hydrogens is 422 g/mol. The number of hydrogen-bond acceptors (Lipinski definition) is 6. The Kier molecular flexibility index (Phi) is 6.77. The van der Waals surface area contributed by atoms with Crippen LogP contribution in [-0.4, -0.2) is 33.7 Å². The van der Waals surface area contributed by atoms with Gasteiger partial charge < -0.3 is 10.1 Å². The summed E-state index contributed by atoms with van der Waals surface area (Å²) in [5.41, 5.74) is 4.09. The van der Waals surface area contributed by atoms with E-state index in [4.69, 9.17) is 4.74 Å². The van der Waals surface area contributed by atoms with E-state index in [-0.39, 0.29) is 5.75 Å². The number of amides is 1. The second-order valence-corrected chi connectivity index (χ2v) is 8.01. The Morgan fingerprint density at radius 3 is 2.44 bits per heavy atom. The van der Waals surface area contributed by atoms with Crippen LogP contribution in [0.15, 0.2) is 90.1 Å². The predicted molar refractivity (Wildman–Crippen MR) is 126 cm³/mol. The van der Waals surface area contributed by atoms with Gasteiger partial charge in [0.05, 0.1) is 23.0 Å². The molecule has 0 aliphatic carbocycles. The van der Waals surface area contributed by atoms with Gasteiger partial charge in [-0.3, -0.25) is 14.6 Å². The monoisotopic (exact) mass is 443 g/mol. The zero-order valence-electron chi connectivity index (χ0n) is 17.4. The number of hydrogen-bond donors (Lipinski definition) is 1. The highest BCUT2D eigenvalue weighted by atomic mass is 32.2. The molecule has 32 heavy (non-hydrogen) atoms. The van der Waals surface area contributed by atoms with Crippen molar-refractivity contribution in [2.45, 2.75) is 18.1 Å². The van der Waals surface area contributed by atoms with Crippen molar-refractivity contribution in [3.63, 3.8) is 0 Å². The van der Waals surface area contributed by atoms with Gasteiger partial charge in [0.15, 0.2) is 6.10 Å². The fourth-order valence-electron chi connectivity index (χ4n) is 3.12. The van der Waals surface area contributed by atoms with Crippen molar-refractivity contribution in [2.75, 3.05) is 11.1 Å². The molecule has 0 radical (unpaired) electrons. The lowest BCUT2D eigenvalue weighted by Crippen LogP contribution is -2.30. The minimum atomic E-state index is -0.936. The van der Waals surface area contributed by atoms with Gasteiger partial charge >= 0.3 is 5.97 Å². The van der Waals surface area contributed by atoms with E-state index in [2.05, 4.69) is 15.3 Å². The number of rotatable bonds is 7. The van der Waals surface area contributed by atoms with Crippen molar-refractivity contribution >= 4 is 40.4 Å². The standard InChI is InChI=1S/C25H21N3O3S/c1-17(25(30)28-20-12-6-5-11-19(20)18-9-3-2-4-10-18)31-24(29)16-32-23-15-26-21-13-7-8-14-22(21)27-23/h2-15,17H,16H2,1H3,(H,28,30). The number of carbonyl (C=O) groups is 2. The number of ether oxygens (including phenoxy) is 1. The number of fused-ring (bicyclic) bond motifs is 1. The molecule has 4 aromatic rings. The fourth-order valence-corrected chi connectivity index (χ4v) is 3.75. The minimum Gasteiger partial charge on any atom is -0.452 e. The third-order valence-electron chi connectivity index (χ3n) is 4.71. The number of esters is 1. The third kappa shape index (κ3) is 5.31. The van der Waals surface area contributed by atoms with Gasteiger partial charge in [-0.25, -0.2) is 4.98 Å². The lowest BCUT2D eigenvalue weighted by molar-refractivity contribution is -0.150. The van der Waals surface area contributed by atoms with Gasteiger partial charge in [-0.1, -0.05) is 72.4 Å². The van der Waals surface area contributed by atoms with Gasteiger partial charge in [0.25, 0.3) is 5.91 Å². The topological polar surface area (TPSA) is 81.2 Å². The molecule has 0 aliphatic heterocycles. The number of benzene rings is 3. The molecule has 160 valence electrons. The van der Waals surface area contributed by atoms with E-state index >= 15 is 0 Å². The fraction of sp³-hybridized carbons (Fsp3) is 0.120. The third-order valence-corrected chi connectivity index (χ3v) is 5.58. The molecule has 0 saturated carbocycles. The second kappa shape index (κ2) is 10.1. The van der Waals surface area contributed by atoms with Crippen molar-refractivity contribution in [3.8, 4) is 11.1 Å². The molecule has 0 bridgehead atoms. The molecule has 1 aromatic heterocycles. The lowest BCUT2D eigenvalue weighted by atomic mass is 10.0. The van der Waals surface area contributed by atoms with Crippen LogP contribution in [0.1, 0.15) is 6.92 Å². The van der Waals surface area contributed by atoms with E-state index in [0.717, 1.165) is 22.2 Å². The summed E-state index contributed by atoms with van der Waals surface area (Å²) in [5, 5.41) is 3.48. The molecule has 1 N–H and O–H groups in total. The van der Waals surface area contributed by atoms with Crippen LogP contribution in [0.3, 0.4) is 0 Å². The highest BCUT2D eigenvalue weighted by molar-refractivity contribution is 7.99. The van der Waals surface area contributed by atoms with Crippen LogP contribution in [0.5, 0.6) is 0 Å². The van der Waals surface area contributed by atoms with Crippen molar-refractivity contribution in [3.05, 3.63) is 85.1 Å². The first kappa shape index (κ1) is 21.5. The Morgan fingerprint density at radius 1 is 0.938 bits per heavy atom. The molecule has 0 fully saturated rings. The number of carbonyl (C=O) groups excluding carboxylic acids is 2. The van der Waals surface area contributed by atoms with E-state index in [1.54, 1.807) is 13.1 Å². The molecule has 1 atom stereocenters. The van der Waals surface area contributed by atoms with Crippen LogP contribution in [-0.2, 0) is 14.3 Å².